The highest BCUT2D eigenvalue weighted by atomic mass is 32.2. The van der Waals surface area contributed by atoms with E-state index >= 15 is 0 Å². The predicted molar refractivity (Wildman–Crippen MR) is 92.0 cm³/mol. The van der Waals surface area contributed by atoms with Gasteiger partial charge in [0.15, 0.2) is 0 Å². The van der Waals surface area contributed by atoms with Crippen molar-refractivity contribution in [3.8, 4) is 0 Å². The number of non-ortho nitro benzene ring substituents is 1. The fourth-order valence-electron chi connectivity index (χ4n) is 2.69. The summed E-state index contributed by atoms with van der Waals surface area (Å²) in [6, 6.07) is 13.5. The van der Waals surface area contributed by atoms with Crippen molar-refractivity contribution in [2.75, 3.05) is 0 Å². The van der Waals surface area contributed by atoms with Crippen molar-refractivity contribution < 1.29 is 14.8 Å². The van der Waals surface area contributed by atoms with Gasteiger partial charge in [-0.05, 0) is 24.6 Å². The van der Waals surface area contributed by atoms with Crippen LogP contribution < -0.4 is 0 Å². The van der Waals surface area contributed by atoms with E-state index in [4.69, 9.17) is 0 Å². The molecular formula is C17H14N2O4S. The standard InChI is InChI=1S/C17H14N2O4S/c1-10-15(17(20)21)16(11-6-8-12(9-7-11)19(22)23)24-14-5-3-2-4-13(14)18-10/h2-9,15-16H,1H3,(H,20,21). The maximum absolute atomic E-state index is 11.8. The van der Waals surface area contributed by atoms with Crippen molar-refractivity contribution >= 4 is 34.8 Å². The van der Waals surface area contributed by atoms with Crippen molar-refractivity contribution in [3.63, 3.8) is 0 Å². The zero-order valence-corrected chi connectivity index (χ0v) is 13.6. The van der Waals surface area contributed by atoms with Gasteiger partial charge in [0.1, 0.15) is 5.92 Å². The van der Waals surface area contributed by atoms with Crippen LogP contribution in [-0.4, -0.2) is 21.7 Å². The highest BCUT2D eigenvalue weighted by Gasteiger charge is 2.35. The Labute approximate surface area is 142 Å². The van der Waals surface area contributed by atoms with Gasteiger partial charge in [0, 0.05) is 22.7 Å². The summed E-state index contributed by atoms with van der Waals surface area (Å²) in [5.74, 6) is -1.76. The van der Waals surface area contributed by atoms with Crippen LogP contribution >= 0.6 is 11.8 Å². The molecule has 0 bridgehead atoms. The molecule has 6 nitrogen and oxygen atoms in total. The van der Waals surface area contributed by atoms with Crippen LogP contribution in [0.2, 0.25) is 0 Å². The van der Waals surface area contributed by atoms with Gasteiger partial charge in [-0.3, -0.25) is 19.9 Å². The molecule has 2 aromatic carbocycles. The van der Waals surface area contributed by atoms with Gasteiger partial charge in [-0.2, -0.15) is 0 Å². The Kier molecular flexibility index (Phi) is 4.35. The summed E-state index contributed by atoms with van der Waals surface area (Å²) in [6.07, 6.45) is 0. The minimum Gasteiger partial charge on any atom is -0.481 e. The van der Waals surface area contributed by atoms with Gasteiger partial charge < -0.3 is 5.11 Å². The van der Waals surface area contributed by atoms with Crippen molar-refractivity contribution in [1.29, 1.82) is 0 Å². The minimum absolute atomic E-state index is 0.0185. The van der Waals surface area contributed by atoms with Crippen LogP contribution in [0.3, 0.4) is 0 Å². The highest BCUT2D eigenvalue weighted by Crippen LogP contribution is 2.47. The van der Waals surface area contributed by atoms with E-state index in [1.165, 1.54) is 23.9 Å². The van der Waals surface area contributed by atoms with Gasteiger partial charge >= 0.3 is 5.97 Å². The molecule has 1 aliphatic rings. The summed E-state index contributed by atoms with van der Waals surface area (Å²) in [7, 11) is 0. The lowest BCUT2D eigenvalue weighted by atomic mass is 9.94. The van der Waals surface area contributed by atoms with E-state index < -0.39 is 22.1 Å². The van der Waals surface area contributed by atoms with Crippen LogP contribution in [0.4, 0.5) is 11.4 Å². The Hall–Kier alpha value is -2.67. The number of hydrogen-bond donors (Lipinski definition) is 1. The average Bonchev–Trinajstić information content (AvgIpc) is 2.70. The van der Waals surface area contributed by atoms with Crippen molar-refractivity contribution in [2.24, 2.45) is 10.9 Å². The molecule has 24 heavy (non-hydrogen) atoms. The van der Waals surface area contributed by atoms with Crippen LogP contribution in [0.25, 0.3) is 0 Å². The lowest BCUT2D eigenvalue weighted by Crippen LogP contribution is -2.26. The number of rotatable bonds is 3. The van der Waals surface area contributed by atoms with E-state index in [2.05, 4.69) is 4.99 Å². The number of fused-ring (bicyclic) bond motifs is 1. The predicted octanol–water partition coefficient (Wildman–Crippen LogP) is 4.24. The van der Waals surface area contributed by atoms with Gasteiger partial charge in [0.25, 0.3) is 5.69 Å². The van der Waals surface area contributed by atoms with Crippen LogP contribution in [0.15, 0.2) is 58.4 Å². The quantitative estimate of drug-likeness (QED) is 0.665. The summed E-state index contributed by atoms with van der Waals surface area (Å²) in [5.41, 5.74) is 1.97. The van der Waals surface area contributed by atoms with Crippen molar-refractivity contribution in [1.82, 2.24) is 0 Å². The van der Waals surface area contributed by atoms with Crippen molar-refractivity contribution in [3.05, 3.63) is 64.2 Å². The fourth-order valence-corrected chi connectivity index (χ4v) is 4.09. The Morgan fingerprint density at radius 2 is 1.88 bits per heavy atom. The number of para-hydroxylation sites is 1. The van der Waals surface area contributed by atoms with E-state index in [0.717, 1.165) is 16.1 Å². The average molecular weight is 342 g/mol. The molecule has 0 spiro atoms. The summed E-state index contributed by atoms with van der Waals surface area (Å²) >= 11 is 1.42. The molecule has 0 radical (unpaired) electrons. The maximum Gasteiger partial charge on any atom is 0.313 e. The van der Waals surface area contributed by atoms with E-state index in [9.17, 15) is 20.0 Å². The van der Waals surface area contributed by atoms with Crippen LogP contribution in [0.1, 0.15) is 17.7 Å². The summed E-state index contributed by atoms with van der Waals surface area (Å²) < 4.78 is 0. The first-order chi connectivity index (χ1) is 11.5. The van der Waals surface area contributed by atoms with Crippen molar-refractivity contribution in [2.45, 2.75) is 17.1 Å². The zero-order valence-electron chi connectivity index (χ0n) is 12.7. The third kappa shape index (κ3) is 3.03. The number of hydrogen-bond acceptors (Lipinski definition) is 5. The molecule has 2 unspecified atom stereocenters. The molecule has 122 valence electrons. The number of benzene rings is 2. The van der Waals surface area contributed by atoms with Gasteiger partial charge in [-0.1, -0.05) is 24.3 Å². The first kappa shape index (κ1) is 16.2. The van der Waals surface area contributed by atoms with E-state index in [1.807, 2.05) is 24.3 Å². The van der Waals surface area contributed by atoms with Crippen LogP contribution in [0.5, 0.6) is 0 Å². The number of aliphatic imine (C=N–C) groups is 1. The molecule has 0 fully saturated rings. The molecule has 0 amide bonds. The largest absolute Gasteiger partial charge is 0.481 e. The highest BCUT2D eigenvalue weighted by molar-refractivity contribution is 7.99. The Bertz CT molecular complexity index is 833. The zero-order chi connectivity index (χ0) is 17.3. The molecule has 0 saturated heterocycles. The molecule has 1 N–H and O–H groups in total. The molecule has 7 heteroatoms. The van der Waals surface area contributed by atoms with Gasteiger partial charge in [0.2, 0.25) is 0 Å². The molecule has 0 aromatic heterocycles. The second-order valence-electron chi connectivity index (χ2n) is 5.42. The monoisotopic (exact) mass is 342 g/mol. The molecule has 0 aliphatic carbocycles. The summed E-state index contributed by atoms with van der Waals surface area (Å²) in [4.78, 5) is 27.5. The molecule has 3 rings (SSSR count). The number of nitrogens with zero attached hydrogens (tertiary/aromatic N) is 2. The molecular weight excluding hydrogens is 328 g/mol. The van der Waals surface area contributed by atoms with Crippen LogP contribution in [0, 0.1) is 16.0 Å². The third-order valence-electron chi connectivity index (χ3n) is 3.87. The Morgan fingerprint density at radius 1 is 1.21 bits per heavy atom. The summed E-state index contributed by atoms with van der Waals surface area (Å²) in [5, 5.41) is 20.1. The van der Waals surface area contributed by atoms with Gasteiger partial charge in [-0.15, -0.1) is 11.8 Å². The second kappa shape index (κ2) is 6.45. The van der Waals surface area contributed by atoms with E-state index in [-0.39, 0.29) is 5.69 Å². The Morgan fingerprint density at radius 3 is 2.50 bits per heavy atom. The van der Waals surface area contributed by atoms with E-state index in [1.54, 1.807) is 19.1 Å². The molecule has 2 aromatic rings. The van der Waals surface area contributed by atoms with E-state index in [0.29, 0.717) is 5.71 Å². The summed E-state index contributed by atoms with van der Waals surface area (Å²) in [6.45, 7) is 1.71. The first-order valence-corrected chi connectivity index (χ1v) is 8.13. The number of carbonyl (C=O) groups is 1. The number of nitro benzene ring substituents is 1. The topological polar surface area (TPSA) is 92.8 Å². The van der Waals surface area contributed by atoms with Gasteiger partial charge in [0.05, 0.1) is 15.9 Å². The lowest BCUT2D eigenvalue weighted by molar-refractivity contribution is -0.384. The molecule has 0 saturated carbocycles. The Balaban J connectivity index is 2.08. The minimum atomic E-state index is -0.958. The normalized spacial score (nSPS) is 19.8. The SMILES string of the molecule is CC1=Nc2ccccc2SC(c2ccc([N+](=O)[O-])cc2)C1C(=O)O. The number of aliphatic carboxylic acids is 1. The first-order valence-electron chi connectivity index (χ1n) is 7.25. The fraction of sp³-hybridized carbons (Fsp3) is 0.176. The van der Waals surface area contributed by atoms with Gasteiger partial charge in [-0.25, -0.2) is 0 Å². The number of carboxylic acid groups (broad SMARTS) is 1. The molecule has 1 aliphatic heterocycles. The molecule has 2 atom stereocenters. The molecule has 1 heterocycles. The lowest BCUT2D eigenvalue weighted by Gasteiger charge is -2.22. The number of carboxylic acids is 1. The number of thioether (sulfide) groups is 1. The third-order valence-corrected chi connectivity index (χ3v) is 5.26. The second-order valence-corrected chi connectivity index (χ2v) is 6.61. The maximum atomic E-state index is 11.8. The van der Waals surface area contributed by atoms with Crippen LogP contribution in [-0.2, 0) is 4.79 Å². The number of nitro groups is 1. The smallest absolute Gasteiger partial charge is 0.313 e.